The molecule has 3 unspecified atom stereocenters. The van der Waals surface area contributed by atoms with Gasteiger partial charge in [0.15, 0.2) is 0 Å². The normalized spacial score (nSPS) is 23.3. The summed E-state index contributed by atoms with van der Waals surface area (Å²) in [4.78, 5) is 0.140. The van der Waals surface area contributed by atoms with Crippen molar-refractivity contribution in [1.82, 2.24) is 9.44 Å². The SMILES string of the molecule is CC1CC1C(NS(=O)(=O)c1ccc(S(=O)(=O)NC2CC2)cc1)c1ccccc1. The van der Waals surface area contributed by atoms with E-state index in [2.05, 4.69) is 16.4 Å². The van der Waals surface area contributed by atoms with Gasteiger partial charge in [0.25, 0.3) is 0 Å². The smallest absolute Gasteiger partial charge is 0.208 e. The largest absolute Gasteiger partial charge is 0.241 e. The van der Waals surface area contributed by atoms with Crippen LogP contribution in [-0.4, -0.2) is 22.9 Å². The van der Waals surface area contributed by atoms with E-state index in [1.807, 2.05) is 30.3 Å². The first-order chi connectivity index (χ1) is 13.3. The zero-order chi connectivity index (χ0) is 19.9. The Morgan fingerprint density at radius 3 is 1.89 bits per heavy atom. The molecule has 0 amide bonds. The van der Waals surface area contributed by atoms with Crippen LogP contribution in [0, 0.1) is 11.8 Å². The topological polar surface area (TPSA) is 92.3 Å². The summed E-state index contributed by atoms with van der Waals surface area (Å²) in [7, 11) is -7.38. The maximum absolute atomic E-state index is 12.9. The lowest BCUT2D eigenvalue weighted by molar-refractivity contribution is 0.513. The molecule has 0 radical (unpaired) electrons. The van der Waals surface area contributed by atoms with Gasteiger partial charge < -0.3 is 0 Å². The second-order valence-corrected chi connectivity index (χ2v) is 11.2. The van der Waals surface area contributed by atoms with E-state index >= 15 is 0 Å². The Labute approximate surface area is 166 Å². The Hall–Kier alpha value is -1.74. The maximum atomic E-state index is 12.9. The first-order valence-electron chi connectivity index (χ1n) is 9.46. The fourth-order valence-electron chi connectivity index (χ4n) is 3.40. The van der Waals surface area contributed by atoms with E-state index in [9.17, 15) is 16.8 Å². The average molecular weight is 421 g/mol. The molecular weight excluding hydrogens is 396 g/mol. The number of sulfonamides is 2. The van der Waals surface area contributed by atoms with Crippen LogP contribution < -0.4 is 9.44 Å². The summed E-state index contributed by atoms with van der Waals surface area (Å²) in [5.74, 6) is 0.730. The highest BCUT2D eigenvalue weighted by Gasteiger charge is 2.42. The van der Waals surface area contributed by atoms with Gasteiger partial charge in [-0.15, -0.1) is 0 Å². The average Bonchev–Trinajstić information content (AvgIpc) is 3.59. The monoisotopic (exact) mass is 420 g/mol. The van der Waals surface area contributed by atoms with E-state index in [1.165, 1.54) is 24.3 Å². The van der Waals surface area contributed by atoms with Crippen LogP contribution in [0.4, 0.5) is 0 Å². The Bertz CT molecular complexity index is 1050. The van der Waals surface area contributed by atoms with Crippen LogP contribution in [0.5, 0.6) is 0 Å². The van der Waals surface area contributed by atoms with Crippen LogP contribution >= 0.6 is 0 Å². The maximum Gasteiger partial charge on any atom is 0.241 e. The second-order valence-electron chi connectivity index (χ2n) is 7.75. The van der Waals surface area contributed by atoms with Crippen LogP contribution in [0.2, 0.25) is 0 Å². The van der Waals surface area contributed by atoms with Crippen molar-refractivity contribution in [2.24, 2.45) is 11.8 Å². The van der Waals surface area contributed by atoms with Crippen molar-refractivity contribution in [1.29, 1.82) is 0 Å². The van der Waals surface area contributed by atoms with Crippen molar-refractivity contribution in [3.63, 3.8) is 0 Å². The van der Waals surface area contributed by atoms with E-state index in [0.29, 0.717) is 5.92 Å². The minimum absolute atomic E-state index is 0.00207. The van der Waals surface area contributed by atoms with Gasteiger partial charge in [0.2, 0.25) is 20.0 Å². The van der Waals surface area contributed by atoms with Gasteiger partial charge in [-0.2, -0.15) is 0 Å². The molecule has 0 aliphatic heterocycles. The van der Waals surface area contributed by atoms with Gasteiger partial charge in [0.1, 0.15) is 0 Å². The van der Waals surface area contributed by atoms with E-state index in [1.54, 1.807) is 0 Å². The lowest BCUT2D eigenvalue weighted by Gasteiger charge is -2.19. The summed E-state index contributed by atoms with van der Waals surface area (Å²) >= 11 is 0. The van der Waals surface area contributed by atoms with Crippen LogP contribution in [0.25, 0.3) is 0 Å². The van der Waals surface area contributed by atoms with Gasteiger partial charge in [0, 0.05) is 6.04 Å². The summed E-state index contributed by atoms with van der Waals surface area (Å²) in [5.41, 5.74) is 0.938. The first kappa shape index (κ1) is 19.6. The summed E-state index contributed by atoms with van der Waals surface area (Å²) in [5, 5.41) is 0. The predicted molar refractivity (Wildman–Crippen MR) is 107 cm³/mol. The standard InChI is InChI=1S/C20H24N2O4S2/c1-14-13-19(14)20(15-5-3-2-4-6-15)22-28(25,26)18-11-9-17(10-12-18)27(23,24)21-16-7-8-16/h2-6,9-12,14,16,19-22H,7-8,13H2,1H3. The van der Waals surface area contributed by atoms with E-state index < -0.39 is 20.0 Å². The van der Waals surface area contributed by atoms with Gasteiger partial charge in [-0.1, -0.05) is 37.3 Å². The van der Waals surface area contributed by atoms with Gasteiger partial charge in [-0.05, 0) is 60.9 Å². The van der Waals surface area contributed by atoms with E-state index in [4.69, 9.17) is 0 Å². The number of nitrogens with one attached hydrogen (secondary N) is 2. The fourth-order valence-corrected chi connectivity index (χ4v) is 5.98. The molecule has 2 aromatic rings. The summed E-state index contributed by atoms with van der Waals surface area (Å²) in [6, 6.07) is 14.7. The highest BCUT2D eigenvalue weighted by molar-refractivity contribution is 7.90. The molecule has 0 saturated heterocycles. The molecule has 28 heavy (non-hydrogen) atoms. The quantitative estimate of drug-likeness (QED) is 0.687. The Morgan fingerprint density at radius 1 is 0.857 bits per heavy atom. The van der Waals surface area contributed by atoms with Crippen LogP contribution in [0.1, 0.15) is 37.8 Å². The van der Waals surface area contributed by atoms with E-state index in [0.717, 1.165) is 24.8 Å². The van der Waals surface area contributed by atoms with Crippen molar-refractivity contribution >= 4 is 20.0 Å². The van der Waals surface area contributed by atoms with Crippen molar-refractivity contribution in [2.45, 2.75) is 48.1 Å². The van der Waals surface area contributed by atoms with Gasteiger partial charge in [-0.25, -0.2) is 26.3 Å². The molecule has 0 bridgehead atoms. The number of benzene rings is 2. The molecule has 3 atom stereocenters. The van der Waals surface area contributed by atoms with E-state index in [-0.39, 0.29) is 27.8 Å². The van der Waals surface area contributed by atoms with Crippen molar-refractivity contribution < 1.29 is 16.8 Å². The minimum atomic E-state index is -3.77. The fraction of sp³-hybridized carbons (Fsp3) is 0.400. The zero-order valence-corrected chi connectivity index (χ0v) is 17.2. The Balaban J connectivity index is 1.55. The van der Waals surface area contributed by atoms with Crippen LogP contribution in [0.15, 0.2) is 64.4 Å². The minimum Gasteiger partial charge on any atom is -0.208 e. The summed E-state index contributed by atoms with van der Waals surface area (Å²) < 4.78 is 55.8. The van der Waals surface area contributed by atoms with Crippen LogP contribution in [-0.2, 0) is 20.0 Å². The molecule has 150 valence electrons. The number of rotatable bonds is 8. The highest BCUT2D eigenvalue weighted by atomic mass is 32.2. The molecule has 2 aromatic carbocycles. The Morgan fingerprint density at radius 2 is 1.39 bits per heavy atom. The zero-order valence-electron chi connectivity index (χ0n) is 15.6. The molecule has 6 nitrogen and oxygen atoms in total. The highest BCUT2D eigenvalue weighted by Crippen LogP contribution is 2.47. The number of hydrogen-bond donors (Lipinski definition) is 2. The van der Waals surface area contributed by atoms with Gasteiger partial charge in [0.05, 0.1) is 15.8 Å². The molecule has 2 N–H and O–H groups in total. The third-order valence-corrected chi connectivity index (χ3v) is 8.38. The lowest BCUT2D eigenvalue weighted by Crippen LogP contribution is -2.30. The predicted octanol–water partition coefficient (Wildman–Crippen LogP) is 2.80. The first-order valence-corrected chi connectivity index (χ1v) is 12.4. The molecule has 2 aliphatic carbocycles. The summed E-state index contributed by atoms with van der Waals surface area (Å²) in [6.07, 6.45) is 2.66. The second kappa shape index (κ2) is 7.26. The Kier molecular flexibility index (Phi) is 5.07. The molecule has 2 aliphatic rings. The van der Waals surface area contributed by atoms with Gasteiger partial charge in [-0.3, -0.25) is 0 Å². The molecule has 0 aromatic heterocycles. The molecule has 8 heteroatoms. The third kappa shape index (κ3) is 4.30. The lowest BCUT2D eigenvalue weighted by atomic mass is 10.0. The molecule has 0 heterocycles. The molecule has 0 spiro atoms. The van der Waals surface area contributed by atoms with Crippen molar-refractivity contribution in [2.75, 3.05) is 0 Å². The number of hydrogen-bond acceptors (Lipinski definition) is 4. The van der Waals surface area contributed by atoms with Crippen molar-refractivity contribution in [3.05, 3.63) is 60.2 Å². The molecular formula is C20H24N2O4S2. The molecule has 4 rings (SSSR count). The molecule has 2 fully saturated rings. The third-order valence-electron chi connectivity index (χ3n) is 5.38. The van der Waals surface area contributed by atoms with Crippen LogP contribution in [0.3, 0.4) is 0 Å². The van der Waals surface area contributed by atoms with Crippen molar-refractivity contribution in [3.8, 4) is 0 Å². The van der Waals surface area contributed by atoms with Gasteiger partial charge >= 0.3 is 0 Å². The summed E-state index contributed by atoms with van der Waals surface area (Å²) in [6.45, 7) is 2.11. The molecule has 2 saturated carbocycles.